The van der Waals surface area contributed by atoms with Crippen molar-refractivity contribution >= 4 is 29.2 Å². The van der Waals surface area contributed by atoms with E-state index in [0.717, 1.165) is 61.6 Å². The number of nitrogens with one attached hydrogen (secondary N) is 1. The maximum absolute atomic E-state index is 12.4. The third-order valence-corrected chi connectivity index (χ3v) is 5.77. The van der Waals surface area contributed by atoms with Crippen LogP contribution in [0.4, 0.5) is 5.82 Å². The second-order valence-corrected chi connectivity index (χ2v) is 8.40. The summed E-state index contributed by atoms with van der Waals surface area (Å²) in [5.74, 6) is 0.943. The highest BCUT2D eigenvalue weighted by Crippen LogP contribution is 2.20. The zero-order valence-electron chi connectivity index (χ0n) is 18.3. The van der Waals surface area contributed by atoms with Gasteiger partial charge in [0.15, 0.2) is 5.16 Å². The van der Waals surface area contributed by atoms with E-state index >= 15 is 0 Å². The van der Waals surface area contributed by atoms with Crippen molar-refractivity contribution in [1.29, 1.82) is 0 Å². The standard InChI is InChI=1S/C23H31N5O2S/c1-3-4-6-11-20(19-9-7-5-8-10-19)26-27-22(29)17-31-23-24-18(2)16-21(25-23)28-12-14-30-15-13-28/h5,7-10,16H,3-4,6,11-15,17H2,1-2H3,(H,27,29). The Morgan fingerprint density at radius 2 is 1.97 bits per heavy atom. The molecule has 1 amide bonds. The van der Waals surface area contributed by atoms with Gasteiger partial charge in [0.2, 0.25) is 0 Å². The fourth-order valence-corrected chi connectivity index (χ4v) is 3.97. The summed E-state index contributed by atoms with van der Waals surface area (Å²) >= 11 is 1.33. The van der Waals surface area contributed by atoms with Gasteiger partial charge in [-0.25, -0.2) is 15.4 Å². The Kier molecular flexibility index (Phi) is 9.30. The minimum Gasteiger partial charge on any atom is -0.378 e. The van der Waals surface area contributed by atoms with Gasteiger partial charge >= 0.3 is 0 Å². The summed E-state index contributed by atoms with van der Waals surface area (Å²) in [6, 6.07) is 12.0. The van der Waals surface area contributed by atoms with Crippen LogP contribution in [-0.2, 0) is 9.53 Å². The van der Waals surface area contributed by atoms with Crippen molar-refractivity contribution in [2.24, 2.45) is 5.10 Å². The highest BCUT2D eigenvalue weighted by atomic mass is 32.2. The molecule has 0 spiro atoms. The topological polar surface area (TPSA) is 79.7 Å². The number of amides is 1. The third kappa shape index (κ3) is 7.63. The first-order valence-electron chi connectivity index (χ1n) is 10.9. The molecule has 1 aromatic heterocycles. The molecule has 2 heterocycles. The number of hydrogen-bond acceptors (Lipinski definition) is 7. The number of morpholine rings is 1. The number of hydrogen-bond donors (Lipinski definition) is 1. The number of hydrazone groups is 1. The predicted octanol–water partition coefficient (Wildman–Crippen LogP) is 3.81. The Morgan fingerprint density at radius 3 is 2.71 bits per heavy atom. The summed E-state index contributed by atoms with van der Waals surface area (Å²) in [5.41, 5.74) is 5.56. The number of carbonyl (C=O) groups excluding carboxylic acids is 1. The van der Waals surface area contributed by atoms with Gasteiger partial charge in [-0.2, -0.15) is 5.10 Å². The number of carbonyl (C=O) groups is 1. The number of anilines is 1. The van der Waals surface area contributed by atoms with E-state index in [0.29, 0.717) is 18.4 Å². The zero-order chi connectivity index (χ0) is 21.9. The minimum absolute atomic E-state index is 0.160. The molecule has 0 unspecified atom stereocenters. The molecule has 1 N–H and O–H groups in total. The first-order valence-corrected chi connectivity index (χ1v) is 11.9. The lowest BCUT2D eigenvalue weighted by molar-refractivity contribution is -0.118. The summed E-state index contributed by atoms with van der Waals surface area (Å²) in [6.07, 6.45) is 4.19. The highest BCUT2D eigenvalue weighted by Gasteiger charge is 2.15. The van der Waals surface area contributed by atoms with Gasteiger partial charge in [0.25, 0.3) is 5.91 Å². The van der Waals surface area contributed by atoms with Gasteiger partial charge in [0, 0.05) is 24.8 Å². The molecule has 0 bridgehead atoms. The number of nitrogens with zero attached hydrogens (tertiary/aromatic N) is 4. The number of aryl methyl sites for hydroxylation is 1. The second-order valence-electron chi connectivity index (χ2n) is 7.45. The molecule has 8 heteroatoms. The van der Waals surface area contributed by atoms with Crippen molar-refractivity contribution in [2.75, 3.05) is 37.0 Å². The molecule has 31 heavy (non-hydrogen) atoms. The molecular weight excluding hydrogens is 410 g/mol. The van der Waals surface area contributed by atoms with E-state index < -0.39 is 0 Å². The molecule has 0 radical (unpaired) electrons. The van der Waals surface area contributed by atoms with Crippen molar-refractivity contribution in [3.05, 3.63) is 47.7 Å². The monoisotopic (exact) mass is 441 g/mol. The maximum Gasteiger partial charge on any atom is 0.250 e. The van der Waals surface area contributed by atoms with Crippen LogP contribution in [0, 0.1) is 6.92 Å². The number of aromatic nitrogens is 2. The number of benzene rings is 1. The lowest BCUT2D eigenvalue weighted by Crippen LogP contribution is -2.36. The van der Waals surface area contributed by atoms with Crippen LogP contribution in [0.5, 0.6) is 0 Å². The summed E-state index contributed by atoms with van der Waals surface area (Å²) < 4.78 is 5.41. The molecule has 0 aliphatic carbocycles. The van der Waals surface area contributed by atoms with Crippen LogP contribution < -0.4 is 10.3 Å². The molecule has 3 rings (SSSR count). The molecule has 1 aliphatic rings. The van der Waals surface area contributed by atoms with Crippen molar-refractivity contribution < 1.29 is 9.53 Å². The van der Waals surface area contributed by atoms with Crippen LogP contribution in [0.3, 0.4) is 0 Å². The number of ether oxygens (including phenoxy) is 1. The van der Waals surface area contributed by atoms with E-state index in [4.69, 9.17) is 4.74 Å². The average Bonchev–Trinajstić information content (AvgIpc) is 2.81. The third-order valence-electron chi connectivity index (χ3n) is 4.93. The molecule has 2 aromatic rings. The maximum atomic E-state index is 12.4. The van der Waals surface area contributed by atoms with E-state index in [1.54, 1.807) is 0 Å². The molecular formula is C23H31N5O2S. The first-order chi connectivity index (χ1) is 15.2. The summed E-state index contributed by atoms with van der Waals surface area (Å²) in [4.78, 5) is 23.7. The second kappa shape index (κ2) is 12.4. The van der Waals surface area contributed by atoms with Gasteiger partial charge in [-0.1, -0.05) is 61.9 Å². The van der Waals surface area contributed by atoms with Crippen molar-refractivity contribution in [3.63, 3.8) is 0 Å². The number of unbranched alkanes of at least 4 members (excludes halogenated alkanes) is 2. The highest BCUT2D eigenvalue weighted by molar-refractivity contribution is 7.99. The lowest BCUT2D eigenvalue weighted by atomic mass is 10.0. The van der Waals surface area contributed by atoms with Gasteiger partial charge in [-0.15, -0.1) is 0 Å². The Bertz CT molecular complexity index is 870. The Labute approximate surface area is 188 Å². The largest absolute Gasteiger partial charge is 0.378 e. The van der Waals surface area contributed by atoms with E-state index in [2.05, 4.69) is 32.3 Å². The average molecular weight is 442 g/mol. The van der Waals surface area contributed by atoms with Crippen LogP contribution in [0.1, 0.15) is 43.9 Å². The first kappa shape index (κ1) is 23.2. The SMILES string of the molecule is CCCCCC(=NNC(=O)CSc1nc(C)cc(N2CCOCC2)n1)c1ccccc1. The van der Waals surface area contributed by atoms with Gasteiger partial charge in [-0.05, 0) is 25.3 Å². The summed E-state index contributed by atoms with van der Waals surface area (Å²) in [6.45, 7) is 7.16. The minimum atomic E-state index is -0.160. The molecule has 1 fully saturated rings. The zero-order valence-corrected chi connectivity index (χ0v) is 19.2. The molecule has 1 aliphatic heterocycles. The Hall–Kier alpha value is -2.45. The molecule has 166 valence electrons. The van der Waals surface area contributed by atoms with Crippen molar-refractivity contribution in [2.45, 2.75) is 44.7 Å². The Balaban J connectivity index is 1.58. The molecule has 1 aromatic carbocycles. The fourth-order valence-electron chi connectivity index (χ4n) is 3.27. The van der Waals surface area contributed by atoms with E-state index in [9.17, 15) is 4.79 Å². The smallest absolute Gasteiger partial charge is 0.250 e. The van der Waals surface area contributed by atoms with Crippen LogP contribution >= 0.6 is 11.8 Å². The molecule has 0 atom stereocenters. The summed E-state index contributed by atoms with van der Waals surface area (Å²) in [5, 5.41) is 5.03. The van der Waals surface area contributed by atoms with Crippen LogP contribution in [-0.4, -0.2) is 53.6 Å². The normalized spacial score (nSPS) is 14.5. The van der Waals surface area contributed by atoms with E-state index in [1.165, 1.54) is 11.8 Å². The van der Waals surface area contributed by atoms with E-state index in [-0.39, 0.29) is 11.7 Å². The van der Waals surface area contributed by atoms with Crippen LogP contribution in [0.25, 0.3) is 0 Å². The predicted molar refractivity (Wildman–Crippen MR) is 126 cm³/mol. The summed E-state index contributed by atoms with van der Waals surface area (Å²) in [7, 11) is 0. The lowest BCUT2D eigenvalue weighted by Gasteiger charge is -2.28. The molecule has 7 nitrogen and oxygen atoms in total. The molecule has 0 saturated carbocycles. The van der Waals surface area contributed by atoms with Gasteiger partial charge in [0.05, 0.1) is 24.7 Å². The van der Waals surface area contributed by atoms with Gasteiger partial charge in [0.1, 0.15) is 5.82 Å². The van der Waals surface area contributed by atoms with E-state index in [1.807, 2.05) is 43.3 Å². The fraction of sp³-hybridized carbons (Fsp3) is 0.478. The molecule has 1 saturated heterocycles. The quantitative estimate of drug-likeness (QED) is 0.199. The van der Waals surface area contributed by atoms with Gasteiger partial charge in [-0.3, -0.25) is 4.79 Å². The number of rotatable bonds is 10. The van der Waals surface area contributed by atoms with Crippen LogP contribution in [0.2, 0.25) is 0 Å². The Morgan fingerprint density at radius 1 is 1.19 bits per heavy atom. The van der Waals surface area contributed by atoms with Crippen molar-refractivity contribution in [1.82, 2.24) is 15.4 Å². The van der Waals surface area contributed by atoms with Gasteiger partial charge < -0.3 is 9.64 Å². The van der Waals surface area contributed by atoms with Crippen LogP contribution in [0.15, 0.2) is 46.7 Å². The van der Waals surface area contributed by atoms with Crippen molar-refractivity contribution in [3.8, 4) is 0 Å². The number of thioether (sulfide) groups is 1.